The lowest BCUT2D eigenvalue weighted by atomic mass is 10.0. The topological polar surface area (TPSA) is 96.0 Å². The van der Waals surface area contributed by atoms with Crippen LogP contribution in [0.25, 0.3) is 0 Å². The molecule has 0 bridgehead atoms. The van der Waals surface area contributed by atoms with Crippen molar-refractivity contribution in [2.24, 2.45) is 0 Å². The number of sulfonamides is 1. The number of para-hydroxylation sites is 2. The van der Waals surface area contributed by atoms with Gasteiger partial charge in [0.05, 0.1) is 27.2 Å². The fourth-order valence-electron chi connectivity index (χ4n) is 5.12. The molecule has 0 unspecified atom stereocenters. The van der Waals surface area contributed by atoms with Crippen molar-refractivity contribution in [3.8, 4) is 5.75 Å². The van der Waals surface area contributed by atoms with Crippen LogP contribution in [0.4, 0.5) is 5.69 Å². The van der Waals surface area contributed by atoms with Gasteiger partial charge in [-0.25, -0.2) is 8.42 Å². The fraction of sp³-hybridized carbons (Fsp3) is 0.297. The van der Waals surface area contributed by atoms with Crippen molar-refractivity contribution >= 4 is 50.7 Å². The maximum atomic E-state index is 14.7. The van der Waals surface area contributed by atoms with Crippen LogP contribution in [0.15, 0.2) is 102 Å². The zero-order valence-electron chi connectivity index (χ0n) is 27.5. The Bertz CT molecular complexity index is 1800. The van der Waals surface area contributed by atoms with Gasteiger partial charge in [-0.1, -0.05) is 96.4 Å². The van der Waals surface area contributed by atoms with Crippen molar-refractivity contribution in [3.63, 3.8) is 0 Å². The number of hydrogen-bond donors (Lipinski definition) is 1. The van der Waals surface area contributed by atoms with Gasteiger partial charge >= 0.3 is 0 Å². The molecule has 0 radical (unpaired) electrons. The minimum atomic E-state index is -4.29. The molecule has 2 atom stereocenters. The molecule has 254 valence electrons. The number of carbonyl (C=O) groups is 2. The van der Waals surface area contributed by atoms with E-state index in [1.807, 2.05) is 51.1 Å². The molecule has 8 nitrogen and oxygen atoms in total. The highest BCUT2D eigenvalue weighted by Gasteiger charge is 2.36. The van der Waals surface area contributed by atoms with E-state index in [2.05, 4.69) is 5.32 Å². The van der Waals surface area contributed by atoms with Crippen LogP contribution in [0.1, 0.15) is 43.9 Å². The van der Waals surface area contributed by atoms with Crippen LogP contribution in [0.2, 0.25) is 10.0 Å². The van der Waals surface area contributed by atoms with Gasteiger partial charge in [0.1, 0.15) is 18.3 Å². The molecule has 4 rings (SSSR count). The Morgan fingerprint density at radius 2 is 1.52 bits per heavy atom. The fourth-order valence-corrected chi connectivity index (χ4v) is 6.87. The number of aryl methyl sites for hydroxylation is 1. The summed E-state index contributed by atoms with van der Waals surface area (Å²) in [5, 5.41) is 3.67. The molecule has 4 aromatic rings. The first-order valence-corrected chi connectivity index (χ1v) is 18.0. The Labute approximate surface area is 293 Å². The highest BCUT2D eigenvalue weighted by molar-refractivity contribution is 7.92. The second kappa shape index (κ2) is 16.9. The molecule has 0 aliphatic heterocycles. The summed E-state index contributed by atoms with van der Waals surface area (Å²) in [6.07, 6.45) is 0.873. The van der Waals surface area contributed by atoms with Gasteiger partial charge in [-0.05, 0) is 74.7 Å². The predicted octanol–water partition coefficient (Wildman–Crippen LogP) is 7.45. The summed E-state index contributed by atoms with van der Waals surface area (Å²) >= 11 is 12.6. The average Bonchev–Trinajstić information content (AvgIpc) is 3.07. The summed E-state index contributed by atoms with van der Waals surface area (Å²) < 4.78 is 35.6. The van der Waals surface area contributed by atoms with Crippen molar-refractivity contribution in [1.82, 2.24) is 10.2 Å². The molecule has 1 N–H and O–H groups in total. The van der Waals surface area contributed by atoms with E-state index in [0.29, 0.717) is 27.8 Å². The van der Waals surface area contributed by atoms with Gasteiger partial charge in [0.2, 0.25) is 11.8 Å². The average molecular weight is 711 g/mol. The van der Waals surface area contributed by atoms with Crippen LogP contribution >= 0.6 is 23.2 Å². The third kappa shape index (κ3) is 9.30. The van der Waals surface area contributed by atoms with Crippen LogP contribution in [0.5, 0.6) is 5.75 Å². The Hall–Kier alpha value is -4.05. The predicted molar refractivity (Wildman–Crippen MR) is 192 cm³/mol. The first-order chi connectivity index (χ1) is 22.9. The van der Waals surface area contributed by atoms with E-state index in [9.17, 15) is 18.0 Å². The van der Waals surface area contributed by atoms with E-state index >= 15 is 0 Å². The van der Waals surface area contributed by atoms with E-state index < -0.39 is 28.5 Å². The van der Waals surface area contributed by atoms with Crippen molar-refractivity contribution in [1.29, 1.82) is 0 Å². The molecule has 11 heteroatoms. The third-order valence-electron chi connectivity index (χ3n) is 7.93. The molecule has 0 saturated heterocycles. The van der Waals surface area contributed by atoms with E-state index in [1.165, 1.54) is 17.0 Å². The van der Waals surface area contributed by atoms with E-state index in [-0.39, 0.29) is 42.1 Å². The van der Waals surface area contributed by atoms with Gasteiger partial charge in [0.15, 0.2) is 0 Å². The smallest absolute Gasteiger partial charge is 0.264 e. The Morgan fingerprint density at radius 1 is 0.854 bits per heavy atom. The van der Waals surface area contributed by atoms with Gasteiger partial charge in [0.25, 0.3) is 10.0 Å². The molecule has 4 aromatic carbocycles. The second-order valence-electron chi connectivity index (χ2n) is 11.5. The lowest BCUT2D eigenvalue weighted by molar-refractivity contribution is -0.140. The highest BCUT2D eigenvalue weighted by atomic mass is 35.5. The van der Waals surface area contributed by atoms with Gasteiger partial charge < -0.3 is 15.0 Å². The summed E-state index contributed by atoms with van der Waals surface area (Å²) in [5.74, 6) is -0.651. The number of ether oxygens (including phenoxy) is 1. The molecule has 0 aliphatic carbocycles. The first kappa shape index (κ1) is 36.8. The lowest BCUT2D eigenvalue weighted by Crippen LogP contribution is -2.54. The Morgan fingerprint density at radius 3 is 2.17 bits per heavy atom. The molecule has 0 aromatic heterocycles. The molecule has 0 fully saturated rings. The molecular formula is C37H41Cl2N3O5S. The number of halogens is 2. The SMILES string of the molecule is CCOc1ccccc1N(CC(=O)N(Cc1ccc(Cl)c(Cl)c1)[C@H](Cc1ccccc1)C(=O)N[C@@H](C)CC)S(=O)(=O)c1ccc(C)cc1. The molecule has 48 heavy (non-hydrogen) atoms. The zero-order chi connectivity index (χ0) is 34.8. The van der Waals surface area contributed by atoms with Crippen LogP contribution in [0.3, 0.4) is 0 Å². The van der Waals surface area contributed by atoms with Crippen LogP contribution in [-0.2, 0) is 32.6 Å². The van der Waals surface area contributed by atoms with Crippen molar-refractivity contribution in [2.45, 2.75) is 64.1 Å². The van der Waals surface area contributed by atoms with Gasteiger partial charge in [-0.3, -0.25) is 13.9 Å². The van der Waals surface area contributed by atoms with E-state index in [0.717, 1.165) is 15.4 Å². The molecular weight excluding hydrogens is 669 g/mol. The number of amides is 2. The first-order valence-electron chi connectivity index (χ1n) is 15.8. The Kier molecular flexibility index (Phi) is 12.9. The van der Waals surface area contributed by atoms with Crippen LogP contribution in [-0.4, -0.2) is 50.4 Å². The number of nitrogens with zero attached hydrogens (tertiary/aromatic N) is 2. The summed E-state index contributed by atoms with van der Waals surface area (Å²) in [4.78, 5) is 30.2. The largest absolute Gasteiger partial charge is 0.492 e. The number of anilines is 1. The van der Waals surface area contributed by atoms with Gasteiger partial charge in [0, 0.05) is 19.0 Å². The third-order valence-corrected chi connectivity index (χ3v) is 10.4. The molecule has 0 saturated carbocycles. The number of nitrogens with one attached hydrogen (secondary N) is 1. The Balaban J connectivity index is 1.86. The molecule has 0 spiro atoms. The monoisotopic (exact) mass is 709 g/mol. The van der Waals surface area contributed by atoms with Crippen molar-refractivity contribution in [3.05, 3.63) is 124 Å². The number of rotatable bonds is 15. The number of carbonyl (C=O) groups excluding carboxylic acids is 2. The maximum Gasteiger partial charge on any atom is 0.264 e. The normalized spacial score (nSPS) is 12.5. The quantitative estimate of drug-likeness (QED) is 0.138. The highest BCUT2D eigenvalue weighted by Crippen LogP contribution is 2.33. The number of hydrogen-bond acceptors (Lipinski definition) is 5. The minimum absolute atomic E-state index is 0.0126. The van der Waals surface area contributed by atoms with Gasteiger partial charge in [-0.15, -0.1) is 0 Å². The summed E-state index contributed by atoms with van der Waals surface area (Å²) in [6.45, 7) is 7.14. The summed E-state index contributed by atoms with van der Waals surface area (Å²) in [6, 6.07) is 26.3. The maximum absolute atomic E-state index is 14.7. The van der Waals surface area contributed by atoms with Crippen molar-refractivity contribution in [2.75, 3.05) is 17.5 Å². The van der Waals surface area contributed by atoms with E-state index in [4.69, 9.17) is 27.9 Å². The lowest BCUT2D eigenvalue weighted by Gasteiger charge is -2.34. The summed E-state index contributed by atoms with van der Waals surface area (Å²) in [7, 11) is -4.29. The minimum Gasteiger partial charge on any atom is -0.492 e. The number of benzene rings is 4. The molecule has 2 amide bonds. The standard InChI is InChI=1S/C37H41Cl2N3O5S/c1-5-27(4)40-37(44)34(23-28-12-8-7-9-13-28)41(24-29-18-21-31(38)32(39)22-29)36(43)25-42(33-14-10-11-15-35(33)47-6-2)48(45,46)30-19-16-26(3)17-20-30/h7-22,27,34H,5-6,23-25H2,1-4H3,(H,40,44)/t27-,34+/m0/s1. The van der Waals surface area contributed by atoms with Gasteiger partial charge in [-0.2, -0.15) is 0 Å². The van der Waals surface area contributed by atoms with E-state index in [1.54, 1.807) is 61.5 Å². The second-order valence-corrected chi connectivity index (χ2v) is 14.2. The summed E-state index contributed by atoms with van der Waals surface area (Å²) in [5.41, 5.74) is 2.54. The molecule has 0 heterocycles. The van der Waals surface area contributed by atoms with Crippen molar-refractivity contribution < 1.29 is 22.7 Å². The van der Waals surface area contributed by atoms with Crippen LogP contribution in [0, 0.1) is 6.92 Å². The molecule has 0 aliphatic rings. The van der Waals surface area contributed by atoms with Crippen LogP contribution < -0.4 is 14.4 Å². The zero-order valence-corrected chi connectivity index (χ0v) is 29.9.